The average molecular weight is 322 g/mol. The summed E-state index contributed by atoms with van der Waals surface area (Å²) in [6, 6.07) is 16.7. The average Bonchev–Trinajstić information content (AvgIpc) is 2.60. The van der Waals surface area contributed by atoms with E-state index in [9.17, 15) is 4.79 Å². The van der Waals surface area contributed by atoms with Gasteiger partial charge in [0, 0.05) is 13.1 Å². The van der Waals surface area contributed by atoms with Gasteiger partial charge >= 0.3 is 0 Å². The lowest BCUT2D eigenvalue weighted by Crippen LogP contribution is -2.31. The van der Waals surface area contributed by atoms with E-state index < -0.39 is 0 Å². The van der Waals surface area contributed by atoms with E-state index in [-0.39, 0.29) is 11.8 Å². The van der Waals surface area contributed by atoms with Crippen LogP contribution in [0.3, 0.4) is 0 Å². The molecule has 126 valence electrons. The molecule has 2 aromatic rings. The molecule has 0 fully saturated rings. The van der Waals surface area contributed by atoms with Crippen molar-refractivity contribution in [3.63, 3.8) is 0 Å². The Morgan fingerprint density at radius 3 is 2.58 bits per heavy atom. The van der Waals surface area contributed by atoms with Gasteiger partial charge in [0.25, 0.3) is 0 Å². The summed E-state index contributed by atoms with van der Waals surface area (Å²) in [6.07, 6.45) is 3.13. The molecule has 0 saturated carbocycles. The molecule has 0 aromatic heterocycles. The molecular weight excluding hydrogens is 296 g/mol. The highest BCUT2D eigenvalue weighted by molar-refractivity contribution is 5.84. The first-order chi connectivity index (χ1) is 11.6. The van der Waals surface area contributed by atoms with Crippen LogP contribution < -0.4 is 5.32 Å². The standard InChI is InChI=1S/C21H26N2O/c1-23(2)15-18-10-4-3-9-17(18)14-22-21(24)20-13-7-11-16-8-5-6-12-19(16)20/h3-6,8-10,12,20H,7,11,13-15H2,1-2H3,(H,22,24). The fourth-order valence-electron chi connectivity index (χ4n) is 3.56. The van der Waals surface area contributed by atoms with Gasteiger partial charge in [0.1, 0.15) is 0 Å². The molecule has 1 N–H and O–H groups in total. The number of nitrogens with zero attached hydrogens (tertiary/aromatic N) is 1. The zero-order chi connectivity index (χ0) is 16.9. The van der Waals surface area contributed by atoms with E-state index in [1.54, 1.807) is 0 Å². The molecule has 1 amide bonds. The SMILES string of the molecule is CN(C)Cc1ccccc1CNC(=O)C1CCCc2ccccc21. The maximum atomic E-state index is 12.7. The lowest BCUT2D eigenvalue weighted by molar-refractivity contribution is -0.123. The number of hydrogen-bond acceptors (Lipinski definition) is 2. The molecule has 1 atom stereocenters. The highest BCUT2D eigenvalue weighted by atomic mass is 16.1. The molecule has 0 aliphatic heterocycles. The quantitative estimate of drug-likeness (QED) is 0.914. The predicted octanol–water partition coefficient (Wildman–Crippen LogP) is 3.48. The van der Waals surface area contributed by atoms with Gasteiger partial charge in [0.15, 0.2) is 0 Å². The van der Waals surface area contributed by atoms with Crippen LogP contribution in [0.4, 0.5) is 0 Å². The first-order valence-electron chi connectivity index (χ1n) is 8.72. The van der Waals surface area contributed by atoms with Crippen molar-refractivity contribution in [1.29, 1.82) is 0 Å². The third-order valence-electron chi connectivity index (χ3n) is 4.74. The van der Waals surface area contributed by atoms with E-state index in [1.807, 2.05) is 12.1 Å². The highest BCUT2D eigenvalue weighted by Gasteiger charge is 2.25. The second-order valence-electron chi connectivity index (χ2n) is 6.87. The van der Waals surface area contributed by atoms with Crippen molar-refractivity contribution < 1.29 is 4.79 Å². The third-order valence-corrected chi connectivity index (χ3v) is 4.74. The molecule has 3 nitrogen and oxygen atoms in total. The summed E-state index contributed by atoms with van der Waals surface area (Å²) in [5.41, 5.74) is 5.01. The number of fused-ring (bicyclic) bond motifs is 1. The van der Waals surface area contributed by atoms with Crippen molar-refractivity contribution in [2.24, 2.45) is 0 Å². The van der Waals surface area contributed by atoms with Crippen molar-refractivity contribution in [1.82, 2.24) is 10.2 Å². The second-order valence-corrected chi connectivity index (χ2v) is 6.87. The van der Waals surface area contributed by atoms with Gasteiger partial charge in [-0.15, -0.1) is 0 Å². The van der Waals surface area contributed by atoms with Crippen LogP contribution in [-0.2, 0) is 24.3 Å². The van der Waals surface area contributed by atoms with Gasteiger partial charge in [-0.25, -0.2) is 0 Å². The molecule has 24 heavy (non-hydrogen) atoms. The number of rotatable bonds is 5. The monoisotopic (exact) mass is 322 g/mol. The Morgan fingerprint density at radius 1 is 1.08 bits per heavy atom. The fraction of sp³-hybridized carbons (Fsp3) is 0.381. The molecule has 1 unspecified atom stereocenters. The summed E-state index contributed by atoms with van der Waals surface area (Å²) < 4.78 is 0. The number of benzene rings is 2. The van der Waals surface area contributed by atoms with Crippen LogP contribution >= 0.6 is 0 Å². The summed E-state index contributed by atoms with van der Waals surface area (Å²) >= 11 is 0. The van der Waals surface area contributed by atoms with E-state index in [2.05, 4.69) is 60.7 Å². The van der Waals surface area contributed by atoms with Gasteiger partial charge in [-0.05, 0) is 55.6 Å². The molecule has 0 radical (unpaired) electrons. The Labute approximate surface area is 144 Å². The molecule has 1 aliphatic rings. The molecule has 3 heteroatoms. The Morgan fingerprint density at radius 2 is 1.79 bits per heavy atom. The predicted molar refractivity (Wildman–Crippen MR) is 97.8 cm³/mol. The number of amides is 1. The Hall–Kier alpha value is -2.13. The van der Waals surface area contributed by atoms with E-state index in [1.165, 1.54) is 22.3 Å². The Balaban J connectivity index is 1.69. The Bertz CT molecular complexity index is 708. The molecule has 0 spiro atoms. The van der Waals surface area contributed by atoms with E-state index >= 15 is 0 Å². The zero-order valence-electron chi connectivity index (χ0n) is 14.6. The maximum Gasteiger partial charge on any atom is 0.227 e. The topological polar surface area (TPSA) is 32.3 Å². The smallest absolute Gasteiger partial charge is 0.227 e. The van der Waals surface area contributed by atoms with Crippen molar-refractivity contribution in [3.8, 4) is 0 Å². The minimum atomic E-state index is -0.00374. The number of hydrogen-bond donors (Lipinski definition) is 1. The molecule has 0 bridgehead atoms. The largest absolute Gasteiger partial charge is 0.351 e. The molecular formula is C21H26N2O. The van der Waals surface area contributed by atoms with Crippen molar-refractivity contribution in [2.75, 3.05) is 14.1 Å². The van der Waals surface area contributed by atoms with Crippen molar-refractivity contribution in [3.05, 3.63) is 70.8 Å². The van der Waals surface area contributed by atoms with Crippen LogP contribution in [0.5, 0.6) is 0 Å². The summed E-state index contributed by atoms with van der Waals surface area (Å²) in [7, 11) is 4.13. The normalized spacial score (nSPS) is 16.7. The summed E-state index contributed by atoms with van der Waals surface area (Å²) in [5.74, 6) is 0.151. The van der Waals surface area contributed by atoms with Crippen LogP contribution in [0.1, 0.15) is 41.0 Å². The molecule has 0 heterocycles. The number of carbonyl (C=O) groups is 1. The Kier molecular flexibility index (Phi) is 5.31. The molecule has 2 aromatic carbocycles. The van der Waals surface area contributed by atoms with Crippen LogP contribution in [0.25, 0.3) is 0 Å². The lowest BCUT2D eigenvalue weighted by atomic mass is 9.82. The van der Waals surface area contributed by atoms with Gasteiger partial charge < -0.3 is 10.2 Å². The zero-order valence-corrected chi connectivity index (χ0v) is 14.6. The lowest BCUT2D eigenvalue weighted by Gasteiger charge is -2.25. The van der Waals surface area contributed by atoms with E-state index in [0.717, 1.165) is 25.8 Å². The molecule has 3 rings (SSSR count). The van der Waals surface area contributed by atoms with Crippen LogP contribution in [0, 0.1) is 0 Å². The molecule has 0 saturated heterocycles. The van der Waals surface area contributed by atoms with Gasteiger partial charge in [0.05, 0.1) is 5.92 Å². The number of carbonyl (C=O) groups excluding carboxylic acids is 1. The first kappa shape index (κ1) is 16.7. The summed E-state index contributed by atoms with van der Waals surface area (Å²) in [4.78, 5) is 14.9. The van der Waals surface area contributed by atoms with Crippen molar-refractivity contribution >= 4 is 5.91 Å². The second kappa shape index (κ2) is 7.63. The minimum Gasteiger partial charge on any atom is -0.351 e. The van der Waals surface area contributed by atoms with Crippen LogP contribution in [-0.4, -0.2) is 24.9 Å². The highest BCUT2D eigenvalue weighted by Crippen LogP contribution is 2.31. The maximum absolute atomic E-state index is 12.7. The first-order valence-corrected chi connectivity index (χ1v) is 8.72. The number of aryl methyl sites for hydroxylation is 1. The van der Waals surface area contributed by atoms with Crippen LogP contribution in [0.2, 0.25) is 0 Å². The van der Waals surface area contributed by atoms with E-state index in [4.69, 9.17) is 0 Å². The molecule has 1 aliphatic carbocycles. The van der Waals surface area contributed by atoms with Gasteiger partial charge in [-0.2, -0.15) is 0 Å². The van der Waals surface area contributed by atoms with Crippen molar-refractivity contribution in [2.45, 2.75) is 38.3 Å². The van der Waals surface area contributed by atoms with Gasteiger partial charge in [-0.1, -0.05) is 48.5 Å². The number of nitrogens with one attached hydrogen (secondary N) is 1. The van der Waals surface area contributed by atoms with Gasteiger partial charge in [-0.3, -0.25) is 4.79 Å². The minimum absolute atomic E-state index is 0.00374. The fourth-order valence-corrected chi connectivity index (χ4v) is 3.56. The summed E-state index contributed by atoms with van der Waals surface area (Å²) in [6.45, 7) is 1.49. The van der Waals surface area contributed by atoms with E-state index in [0.29, 0.717) is 6.54 Å². The summed E-state index contributed by atoms with van der Waals surface area (Å²) in [5, 5.41) is 3.17. The third kappa shape index (κ3) is 3.85. The van der Waals surface area contributed by atoms with Gasteiger partial charge in [0.2, 0.25) is 5.91 Å². The van der Waals surface area contributed by atoms with Crippen LogP contribution in [0.15, 0.2) is 48.5 Å².